The van der Waals surface area contributed by atoms with Crippen LogP contribution < -0.4 is 20.7 Å². The van der Waals surface area contributed by atoms with Gasteiger partial charge in [0.05, 0.1) is 24.5 Å². The fourth-order valence-electron chi connectivity index (χ4n) is 2.07. The highest BCUT2D eigenvalue weighted by Gasteiger charge is 2.23. The van der Waals surface area contributed by atoms with Gasteiger partial charge in [0, 0.05) is 11.1 Å². The molecule has 1 aromatic heterocycles. The van der Waals surface area contributed by atoms with Gasteiger partial charge in [-0.15, -0.1) is 0 Å². The number of benzene rings is 1. The predicted octanol–water partition coefficient (Wildman–Crippen LogP) is 1.75. The monoisotopic (exact) mass is 278 g/mol. The van der Waals surface area contributed by atoms with Gasteiger partial charge in [-0.3, -0.25) is 10.1 Å². The number of hydrazine groups is 1. The minimum atomic E-state index is -0.532. The van der Waals surface area contributed by atoms with E-state index >= 15 is 0 Å². The van der Waals surface area contributed by atoms with Crippen LogP contribution in [0.3, 0.4) is 0 Å². The maximum absolute atomic E-state index is 11.3. The molecular formula is C12H14N4O4. The van der Waals surface area contributed by atoms with E-state index in [1.165, 1.54) is 14.2 Å². The van der Waals surface area contributed by atoms with Crippen molar-refractivity contribution in [1.29, 1.82) is 0 Å². The van der Waals surface area contributed by atoms with E-state index in [1.54, 1.807) is 19.1 Å². The van der Waals surface area contributed by atoms with Gasteiger partial charge in [0.1, 0.15) is 0 Å². The van der Waals surface area contributed by atoms with E-state index in [9.17, 15) is 10.1 Å². The van der Waals surface area contributed by atoms with Crippen molar-refractivity contribution in [2.24, 2.45) is 5.84 Å². The summed E-state index contributed by atoms with van der Waals surface area (Å²) in [6.07, 6.45) is 0. The van der Waals surface area contributed by atoms with E-state index < -0.39 is 4.92 Å². The first-order valence-electron chi connectivity index (χ1n) is 5.70. The topological polar surface area (TPSA) is 113 Å². The first-order valence-corrected chi connectivity index (χ1v) is 5.70. The number of nitrogen functional groups attached to an aromatic ring is 1. The van der Waals surface area contributed by atoms with Crippen LogP contribution in [0.5, 0.6) is 11.5 Å². The Labute approximate surface area is 114 Å². The zero-order valence-electron chi connectivity index (χ0n) is 11.3. The van der Waals surface area contributed by atoms with E-state index in [-0.39, 0.29) is 11.5 Å². The van der Waals surface area contributed by atoms with Crippen LogP contribution in [0.4, 0.5) is 11.5 Å². The number of fused-ring (bicyclic) bond motifs is 1. The third-order valence-electron chi connectivity index (χ3n) is 2.99. The lowest BCUT2D eigenvalue weighted by Gasteiger charge is -2.12. The standard InChI is InChI=1S/C12H14N4O4/c1-6-7-4-9(19-2)10(20-3)5-8(7)11(16(17)18)12(14-6)15-13/h4-5H,13H2,1-3H3,(H,14,15). The second-order valence-electron chi connectivity index (χ2n) is 4.05. The van der Waals surface area contributed by atoms with E-state index in [4.69, 9.17) is 15.3 Å². The van der Waals surface area contributed by atoms with Crippen molar-refractivity contribution in [1.82, 2.24) is 4.98 Å². The molecule has 0 saturated carbocycles. The number of pyridine rings is 1. The van der Waals surface area contributed by atoms with Gasteiger partial charge in [-0.1, -0.05) is 0 Å². The number of nitrogens with two attached hydrogens (primary N) is 1. The molecule has 3 N–H and O–H groups in total. The lowest BCUT2D eigenvalue weighted by Crippen LogP contribution is -2.12. The van der Waals surface area contributed by atoms with Crippen LogP contribution in [0.2, 0.25) is 0 Å². The second-order valence-corrected chi connectivity index (χ2v) is 4.05. The van der Waals surface area contributed by atoms with Crippen LogP contribution in [0.25, 0.3) is 10.8 Å². The van der Waals surface area contributed by atoms with Crippen LogP contribution in [0, 0.1) is 17.0 Å². The molecule has 8 heteroatoms. The molecule has 1 heterocycles. The number of aryl methyl sites for hydroxylation is 1. The Morgan fingerprint density at radius 1 is 1.25 bits per heavy atom. The third kappa shape index (κ3) is 2.05. The molecule has 0 spiro atoms. The number of hydrogen-bond acceptors (Lipinski definition) is 7. The van der Waals surface area contributed by atoms with Crippen molar-refractivity contribution in [3.63, 3.8) is 0 Å². The fraction of sp³-hybridized carbons (Fsp3) is 0.250. The van der Waals surface area contributed by atoms with Gasteiger partial charge in [-0.05, 0) is 19.1 Å². The highest BCUT2D eigenvalue weighted by Crippen LogP contribution is 2.39. The minimum absolute atomic E-state index is 0.00669. The lowest BCUT2D eigenvalue weighted by molar-refractivity contribution is -0.382. The zero-order chi connectivity index (χ0) is 14.9. The minimum Gasteiger partial charge on any atom is -0.493 e. The summed E-state index contributed by atoms with van der Waals surface area (Å²) in [7, 11) is 2.96. The summed E-state index contributed by atoms with van der Waals surface area (Å²) in [4.78, 5) is 14.8. The Morgan fingerprint density at radius 3 is 2.25 bits per heavy atom. The molecule has 0 saturated heterocycles. The normalized spacial score (nSPS) is 10.4. The first kappa shape index (κ1) is 13.8. The Kier molecular flexibility index (Phi) is 3.57. The summed E-state index contributed by atoms with van der Waals surface area (Å²) in [5.74, 6) is 6.19. The van der Waals surface area contributed by atoms with E-state index in [0.29, 0.717) is 28.0 Å². The largest absolute Gasteiger partial charge is 0.493 e. The molecule has 0 bridgehead atoms. The molecule has 0 unspecified atom stereocenters. The van der Waals surface area contributed by atoms with Gasteiger partial charge in [0.2, 0.25) is 5.82 Å². The van der Waals surface area contributed by atoms with Crippen LogP contribution in [-0.4, -0.2) is 24.1 Å². The molecule has 106 valence electrons. The third-order valence-corrected chi connectivity index (χ3v) is 2.99. The van der Waals surface area contributed by atoms with Crippen molar-refractivity contribution in [2.75, 3.05) is 19.6 Å². The molecule has 20 heavy (non-hydrogen) atoms. The maximum Gasteiger partial charge on any atom is 0.320 e. The average molecular weight is 278 g/mol. The number of aromatic nitrogens is 1. The summed E-state index contributed by atoms with van der Waals surface area (Å²) in [6.45, 7) is 1.73. The second kappa shape index (κ2) is 5.17. The van der Waals surface area contributed by atoms with Crippen LogP contribution in [0.1, 0.15) is 5.69 Å². The van der Waals surface area contributed by atoms with Crippen molar-refractivity contribution in [3.8, 4) is 11.5 Å². The number of hydrogen-bond donors (Lipinski definition) is 2. The number of nitro groups is 1. The molecule has 0 aliphatic carbocycles. The fourth-order valence-corrected chi connectivity index (χ4v) is 2.07. The molecule has 2 rings (SSSR count). The number of methoxy groups -OCH3 is 2. The molecule has 0 amide bonds. The summed E-state index contributed by atoms with van der Waals surface area (Å²) in [6, 6.07) is 3.20. The molecule has 1 aromatic carbocycles. The van der Waals surface area contributed by atoms with Crippen molar-refractivity contribution in [3.05, 3.63) is 27.9 Å². The molecule has 0 atom stereocenters. The number of nitrogens with one attached hydrogen (secondary N) is 1. The first-order chi connectivity index (χ1) is 9.53. The number of ether oxygens (including phenoxy) is 2. The van der Waals surface area contributed by atoms with Crippen molar-refractivity contribution >= 4 is 22.3 Å². The van der Waals surface area contributed by atoms with Gasteiger partial charge in [-0.25, -0.2) is 10.8 Å². The van der Waals surface area contributed by atoms with Gasteiger partial charge < -0.3 is 14.9 Å². The molecule has 8 nitrogen and oxygen atoms in total. The average Bonchev–Trinajstić information content (AvgIpc) is 2.45. The Bertz CT molecular complexity index is 687. The molecule has 0 aliphatic rings. The zero-order valence-corrected chi connectivity index (χ0v) is 11.3. The maximum atomic E-state index is 11.3. The number of nitrogens with zero attached hydrogens (tertiary/aromatic N) is 2. The van der Waals surface area contributed by atoms with E-state index in [0.717, 1.165) is 0 Å². The Morgan fingerprint density at radius 2 is 1.80 bits per heavy atom. The van der Waals surface area contributed by atoms with Gasteiger partial charge in [0.15, 0.2) is 11.5 Å². The lowest BCUT2D eigenvalue weighted by atomic mass is 10.1. The summed E-state index contributed by atoms with van der Waals surface area (Å²) >= 11 is 0. The van der Waals surface area contributed by atoms with E-state index in [1.807, 2.05) is 0 Å². The van der Waals surface area contributed by atoms with Crippen molar-refractivity contribution in [2.45, 2.75) is 6.92 Å². The summed E-state index contributed by atoms with van der Waals surface area (Å²) < 4.78 is 10.4. The molecule has 2 aromatic rings. The van der Waals surface area contributed by atoms with Gasteiger partial charge in [0.25, 0.3) is 0 Å². The molecule has 0 aliphatic heterocycles. The highest BCUT2D eigenvalue weighted by molar-refractivity contribution is 5.98. The summed E-state index contributed by atoms with van der Waals surface area (Å²) in [5, 5.41) is 12.2. The Balaban J connectivity index is 2.93. The van der Waals surface area contributed by atoms with E-state index in [2.05, 4.69) is 10.4 Å². The number of rotatable bonds is 4. The predicted molar refractivity (Wildman–Crippen MR) is 74.0 cm³/mol. The summed E-state index contributed by atoms with van der Waals surface area (Å²) in [5.41, 5.74) is 2.65. The van der Waals surface area contributed by atoms with Gasteiger partial charge >= 0.3 is 5.69 Å². The quantitative estimate of drug-likeness (QED) is 0.497. The Hall–Kier alpha value is -2.61. The molecular weight excluding hydrogens is 264 g/mol. The number of anilines is 1. The van der Waals surface area contributed by atoms with Crippen LogP contribution >= 0.6 is 0 Å². The SMILES string of the molecule is COc1cc2c(C)nc(NN)c([N+](=O)[O-])c2cc1OC. The van der Waals surface area contributed by atoms with Crippen LogP contribution in [-0.2, 0) is 0 Å². The molecule has 0 fully saturated rings. The molecule has 0 radical (unpaired) electrons. The van der Waals surface area contributed by atoms with Crippen LogP contribution in [0.15, 0.2) is 12.1 Å². The highest BCUT2D eigenvalue weighted by atomic mass is 16.6. The van der Waals surface area contributed by atoms with Crippen molar-refractivity contribution < 1.29 is 14.4 Å². The van der Waals surface area contributed by atoms with Gasteiger partial charge in [-0.2, -0.15) is 0 Å². The smallest absolute Gasteiger partial charge is 0.320 e.